The lowest BCUT2D eigenvalue weighted by Gasteiger charge is -2.09. The fraction of sp³-hybridized carbons (Fsp3) is 0.250. The molecule has 0 radical (unpaired) electrons. The zero-order chi connectivity index (χ0) is 15.0. The van der Waals surface area contributed by atoms with Gasteiger partial charge in [0.1, 0.15) is 7.05 Å². The number of rotatable bonds is 2. The van der Waals surface area contributed by atoms with Crippen LogP contribution in [0.2, 0.25) is 0 Å². The van der Waals surface area contributed by atoms with Crippen LogP contribution >= 0.6 is 0 Å². The summed E-state index contributed by atoms with van der Waals surface area (Å²) in [5.41, 5.74) is 7.93. The molecule has 1 heteroatoms. The Morgan fingerprint density at radius 3 is 2.52 bits per heavy atom. The van der Waals surface area contributed by atoms with Gasteiger partial charge in [-0.3, -0.25) is 0 Å². The third-order valence-electron chi connectivity index (χ3n) is 4.35. The first-order valence-electron chi connectivity index (χ1n) is 7.60. The van der Waals surface area contributed by atoms with Gasteiger partial charge < -0.3 is 0 Å². The SMILES string of the molecule is CCc1cccc2c1ccc(-c1cc(C)ccc1C)[n+]2C. The van der Waals surface area contributed by atoms with Gasteiger partial charge in [-0.05, 0) is 43.5 Å². The number of pyridine rings is 1. The van der Waals surface area contributed by atoms with Crippen molar-refractivity contribution in [1.29, 1.82) is 0 Å². The quantitative estimate of drug-likeness (QED) is 0.606. The fourth-order valence-electron chi connectivity index (χ4n) is 3.08. The van der Waals surface area contributed by atoms with Crippen LogP contribution in [0.5, 0.6) is 0 Å². The Hall–Kier alpha value is -2.15. The number of hydrogen-bond donors (Lipinski definition) is 0. The van der Waals surface area contributed by atoms with Gasteiger partial charge in [-0.2, -0.15) is 4.57 Å². The summed E-state index contributed by atoms with van der Waals surface area (Å²) in [6.45, 7) is 6.55. The first-order valence-corrected chi connectivity index (χ1v) is 7.60. The fourth-order valence-corrected chi connectivity index (χ4v) is 3.08. The highest BCUT2D eigenvalue weighted by Gasteiger charge is 2.16. The third kappa shape index (κ3) is 2.33. The van der Waals surface area contributed by atoms with E-state index in [-0.39, 0.29) is 0 Å². The maximum atomic E-state index is 2.32. The van der Waals surface area contributed by atoms with Crippen molar-refractivity contribution in [3.8, 4) is 11.3 Å². The van der Waals surface area contributed by atoms with Crippen molar-refractivity contribution in [2.24, 2.45) is 7.05 Å². The lowest BCUT2D eigenvalue weighted by atomic mass is 9.99. The molecular weight excluding hydrogens is 254 g/mol. The second kappa shape index (κ2) is 5.33. The van der Waals surface area contributed by atoms with Crippen molar-refractivity contribution < 1.29 is 4.57 Å². The Morgan fingerprint density at radius 2 is 1.76 bits per heavy atom. The summed E-state index contributed by atoms with van der Waals surface area (Å²) in [4.78, 5) is 0. The molecule has 0 spiro atoms. The normalized spacial score (nSPS) is 11.0. The number of hydrogen-bond acceptors (Lipinski definition) is 0. The van der Waals surface area contributed by atoms with E-state index >= 15 is 0 Å². The van der Waals surface area contributed by atoms with Crippen LogP contribution < -0.4 is 4.57 Å². The molecule has 21 heavy (non-hydrogen) atoms. The van der Waals surface area contributed by atoms with Crippen molar-refractivity contribution in [3.05, 3.63) is 65.2 Å². The summed E-state index contributed by atoms with van der Waals surface area (Å²) in [6.07, 6.45) is 1.07. The molecule has 106 valence electrons. The van der Waals surface area contributed by atoms with E-state index in [1.807, 2.05) is 0 Å². The van der Waals surface area contributed by atoms with Gasteiger partial charge in [0.2, 0.25) is 11.2 Å². The zero-order valence-electron chi connectivity index (χ0n) is 13.3. The van der Waals surface area contributed by atoms with Gasteiger partial charge in [-0.1, -0.05) is 36.8 Å². The zero-order valence-corrected chi connectivity index (χ0v) is 13.3. The molecule has 0 unspecified atom stereocenters. The van der Waals surface area contributed by atoms with Crippen LogP contribution in [-0.4, -0.2) is 0 Å². The van der Waals surface area contributed by atoms with Crippen molar-refractivity contribution in [1.82, 2.24) is 0 Å². The van der Waals surface area contributed by atoms with E-state index in [1.54, 1.807) is 0 Å². The highest BCUT2D eigenvalue weighted by atomic mass is 14.9. The van der Waals surface area contributed by atoms with E-state index in [2.05, 4.69) is 80.9 Å². The molecule has 0 saturated heterocycles. The average Bonchev–Trinajstić information content (AvgIpc) is 2.50. The van der Waals surface area contributed by atoms with E-state index < -0.39 is 0 Å². The molecule has 3 rings (SSSR count). The maximum absolute atomic E-state index is 2.32. The van der Waals surface area contributed by atoms with Crippen molar-refractivity contribution in [2.75, 3.05) is 0 Å². The number of aromatic nitrogens is 1. The Balaban J connectivity index is 2.30. The van der Waals surface area contributed by atoms with Gasteiger partial charge in [0, 0.05) is 23.1 Å². The predicted octanol–water partition coefficient (Wildman–Crippen LogP) is 4.51. The van der Waals surface area contributed by atoms with E-state index in [0.717, 1.165) is 6.42 Å². The summed E-state index contributed by atoms with van der Waals surface area (Å²) in [6, 6.07) is 17.8. The lowest BCUT2D eigenvalue weighted by molar-refractivity contribution is -0.633. The topological polar surface area (TPSA) is 3.88 Å². The molecule has 1 heterocycles. The molecule has 2 aromatic carbocycles. The smallest absolute Gasteiger partial charge is 0.194 e. The van der Waals surface area contributed by atoms with E-state index in [4.69, 9.17) is 0 Å². The molecule has 0 atom stereocenters. The number of benzene rings is 2. The van der Waals surface area contributed by atoms with Crippen molar-refractivity contribution in [2.45, 2.75) is 27.2 Å². The Morgan fingerprint density at radius 1 is 0.952 bits per heavy atom. The number of aryl methyl sites for hydroxylation is 4. The monoisotopic (exact) mass is 276 g/mol. The van der Waals surface area contributed by atoms with Crippen LogP contribution in [0.15, 0.2) is 48.5 Å². The molecule has 0 aliphatic carbocycles. The van der Waals surface area contributed by atoms with Gasteiger partial charge in [0.05, 0.1) is 0 Å². The Bertz CT molecular complexity index is 815. The molecule has 0 N–H and O–H groups in total. The second-order valence-corrected chi connectivity index (χ2v) is 5.80. The molecule has 1 aromatic heterocycles. The third-order valence-corrected chi connectivity index (χ3v) is 4.35. The highest BCUT2D eigenvalue weighted by Crippen LogP contribution is 2.25. The average molecular weight is 276 g/mol. The van der Waals surface area contributed by atoms with Gasteiger partial charge >= 0.3 is 0 Å². The van der Waals surface area contributed by atoms with Gasteiger partial charge in [-0.25, -0.2) is 0 Å². The van der Waals surface area contributed by atoms with E-state index in [9.17, 15) is 0 Å². The van der Waals surface area contributed by atoms with Gasteiger partial charge in [-0.15, -0.1) is 0 Å². The van der Waals surface area contributed by atoms with Crippen molar-refractivity contribution >= 4 is 10.9 Å². The molecule has 0 aliphatic rings. The van der Waals surface area contributed by atoms with Gasteiger partial charge in [0.15, 0.2) is 0 Å². The largest absolute Gasteiger partial charge is 0.213 e. The minimum Gasteiger partial charge on any atom is -0.194 e. The highest BCUT2D eigenvalue weighted by molar-refractivity contribution is 5.81. The molecular formula is C20H22N+. The molecule has 0 amide bonds. The van der Waals surface area contributed by atoms with Crippen LogP contribution in [-0.2, 0) is 13.5 Å². The summed E-state index contributed by atoms with van der Waals surface area (Å²) in [5.74, 6) is 0. The number of fused-ring (bicyclic) bond motifs is 1. The standard InChI is InChI=1S/C20H22N/c1-5-16-7-6-8-19-17(16)11-12-20(21(19)4)18-13-14(2)9-10-15(18)3/h6-13H,5H2,1-4H3/q+1. The lowest BCUT2D eigenvalue weighted by Crippen LogP contribution is -2.32. The van der Waals surface area contributed by atoms with E-state index in [0.29, 0.717) is 0 Å². The Kier molecular flexibility index (Phi) is 3.50. The predicted molar refractivity (Wildman–Crippen MR) is 89.4 cm³/mol. The molecule has 1 nitrogen and oxygen atoms in total. The van der Waals surface area contributed by atoms with Crippen LogP contribution in [0.25, 0.3) is 22.2 Å². The van der Waals surface area contributed by atoms with Crippen molar-refractivity contribution in [3.63, 3.8) is 0 Å². The maximum Gasteiger partial charge on any atom is 0.213 e. The summed E-state index contributed by atoms with van der Waals surface area (Å²) in [7, 11) is 2.17. The van der Waals surface area contributed by atoms with Crippen LogP contribution in [0.3, 0.4) is 0 Å². The summed E-state index contributed by atoms with van der Waals surface area (Å²) in [5, 5.41) is 1.36. The summed E-state index contributed by atoms with van der Waals surface area (Å²) >= 11 is 0. The first-order chi connectivity index (χ1) is 10.1. The minimum absolute atomic E-state index is 1.07. The molecule has 0 bridgehead atoms. The Labute approximate surface area is 126 Å². The molecule has 0 aliphatic heterocycles. The van der Waals surface area contributed by atoms with Crippen LogP contribution in [0, 0.1) is 13.8 Å². The second-order valence-electron chi connectivity index (χ2n) is 5.80. The molecule has 3 aromatic rings. The van der Waals surface area contributed by atoms with Crippen LogP contribution in [0.1, 0.15) is 23.6 Å². The molecule has 0 fully saturated rings. The number of nitrogens with zero attached hydrogens (tertiary/aromatic N) is 1. The van der Waals surface area contributed by atoms with Gasteiger partial charge in [0.25, 0.3) is 0 Å². The first kappa shape index (κ1) is 13.8. The molecule has 0 saturated carbocycles. The summed E-state index contributed by atoms with van der Waals surface area (Å²) < 4.78 is 2.32. The van der Waals surface area contributed by atoms with E-state index in [1.165, 1.54) is 38.9 Å². The minimum atomic E-state index is 1.07. The van der Waals surface area contributed by atoms with Crippen LogP contribution in [0.4, 0.5) is 0 Å².